The van der Waals surface area contributed by atoms with Gasteiger partial charge in [0.1, 0.15) is 5.75 Å². The van der Waals surface area contributed by atoms with Crippen molar-refractivity contribution in [2.45, 2.75) is 6.42 Å². The first-order valence-corrected chi connectivity index (χ1v) is 7.56. The number of ether oxygens (including phenoxy) is 1. The molecule has 3 nitrogen and oxygen atoms in total. The third-order valence-corrected chi connectivity index (χ3v) is 4.03. The van der Waals surface area contributed by atoms with Crippen molar-refractivity contribution in [3.63, 3.8) is 0 Å². The molecule has 21 heavy (non-hydrogen) atoms. The highest BCUT2D eigenvalue weighted by molar-refractivity contribution is 7.13. The first-order valence-electron chi connectivity index (χ1n) is 6.68. The Hall–Kier alpha value is -2.33. The highest BCUT2D eigenvalue weighted by Crippen LogP contribution is 2.25. The minimum atomic E-state index is 0.600. The molecule has 0 aliphatic carbocycles. The van der Waals surface area contributed by atoms with Crippen LogP contribution < -0.4 is 10.5 Å². The van der Waals surface area contributed by atoms with Crippen LogP contribution in [0.2, 0.25) is 0 Å². The Bertz CT molecular complexity index is 735. The van der Waals surface area contributed by atoms with Crippen LogP contribution in [0.1, 0.15) is 11.1 Å². The standard InChI is InChI=1S/C17H16N2OS/c1-20-16-5-3-2-4-14(16)10-12-6-8-13(9-7-12)15-11-21-17(18)19-15/h2-9,11H,10H2,1H3,(H2,18,19). The molecule has 0 radical (unpaired) electrons. The Balaban J connectivity index is 1.81. The summed E-state index contributed by atoms with van der Waals surface area (Å²) < 4.78 is 5.39. The summed E-state index contributed by atoms with van der Waals surface area (Å²) in [7, 11) is 1.70. The fraction of sp³-hybridized carbons (Fsp3) is 0.118. The molecule has 0 aliphatic heterocycles. The number of rotatable bonds is 4. The molecule has 0 spiro atoms. The van der Waals surface area contributed by atoms with Crippen LogP contribution in [0.15, 0.2) is 53.9 Å². The van der Waals surface area contributed by atoms with Gasteiger partial charge in [0.25, 0.3) is 0 Å². The lowest BCUT2D eigenvalue weighted by molar-refractivity contribution is 0.410. The molecule has 4 heteroatoms. The summed E-state index contributed by atoms with van der Waals surface area (Å²) in [6.45, 7) is 0. The van der Waals surface area contributed by atoms with E-state index in [1.807, 2.05) is 23.6 Å². The molecule has 3 aromatic rings. The lowest BCUT2D eigenvalue weighted by atomic mass is 10.0. The van der Waals surface area contributed by atoms with E-state index in [0.29, 0.717) is 5.13 Å². The fourth-order valence-electron chi connectivity index (χ4n) is 2.28. The van der Waals surface area contributed by atoms with Gasteiger partial charge in [-0.05, 0) is 17.2 Å². The minimum Gasteiger partial charge on any atom is -0.496 e. The number of anilines is 1. The number of aromatic nitrogens is 1. The molecule has 1 heterocycles. The maximum atomic E-state index is 5.67. The average molecular weight is 296 g/mol. The lowest BCUT2D eigenvalue weighted by Crippen LogP contribution is -1.93. The number of hydrogen-bond donors (Lipinski definition) is 1. The summed E-state index contributed by atoms with van der Waals surface area (Å²) in [4.78, 5) is 4.30. The van der Waals surface area contributed by atoms with Gasteiger partial charge < -0.3 is 10.5 Å². The van der Waals surface area contributed by atoms with Crippen molar-refractivity contribution in [3.05, 3.63) is 65.0 Å². The topological polar surface area (TPSA) is 48.1 Å². The van der Waals surface area contributed by atoms with Crippen molar-refractivity contribution in [2.75, 3.05) is 12.8 Å². The molecule has 2 N–H and O–H groups in total. The molecule has 2 aromatic carbocycles. The lowest BCUT2D eigenvalue weighted by Gasteiger charge is -2.08. The number of nitrogen functional groups attached to an aromatic ring is 1. The summed E-state index contributed by atoms with van der Waals surface area (Å²) in [6, 6.07) is 16.5. The molecule has 0 aliphatic rings. The zero-order chi connectivity index (χ0) is 14.7. The molecule has 0 amide bonds. The Morgan fingerprint density at radius 1 is 1.10 bits per heavy atom. The summed E-state index contributed by atoms with van der Waals surface area (Å²) in [5, 5.41) is 2.58. The molecular weight excluding hydrogens is 280 g/mol. The van der Waals surface area contributed by atoms with Gasteiger partial charge in [0, 0.05) is 17.4 Å². The van der Waals surface area contributed by atoms with Crippen molar-refractivity contribution in [1.29, 1.82) is 0 Å². The van der Waals surface area contributed by atoms with Crippen molar-refractivity contribution in [3.8, 4) is 17.0 Å². The smallest absolute Gasteiger partial charge is 0.180 e. The number of nitrogens with zero attached hydrogens (tertiary/aromatic N) is 1. The highest BCUT2D eigenvalue weighted by atomic mass is 32.1. The van der Waals surface area contributed by atoms with E-state index in [-0.39, 0.29) is 0 Å². The first-order chi connectivity index (χ1) is 10.3. The molecule has 0 unspecified atom stereocenters. The molecule has 0 fully saturated rings. The summed E-state index contributed by atoms with van der Waals surface area (Å²) in [6.07, 6.45) is 0.851. The zero-order valence-corrected chi connectivity index (χ0v) is 12.6. The van der Waals surface area contributed by atoms with E-state index >= 15 is 0 Å². The molecule has 1 aromatic heterocycles. The number of benzene rings is 2. The van der Waals surface area contributed by atoms with Crippen molar-refractivity contribution in [2.24, 2.45) is 0 Å². The minimum absolute atomic E-state index is 0.600. The second kappa shape index (κ2) is 5.97. The summed E-state index contributed by atoms with van der Waals surface area (Å²) in [5.74, 6) is 0.925. The average Bonchev–Trinajstić information content (AvgIpc) is 2.95. The van der Waals surface area contributed by atoms with Crippen molar-refractivity contribution in [1.82, 2.24) is 4.98 Å². The molecule has 0 saturated carbocycles. The number of methoxy groups -OCH3 is 1. The van der Waals surface area contributed by atoms with E-state index in [4.69, 9.17) is 10.5 Å². The van der Waals surface area contributed by atoms with E-state index < -0.39 is 0 Å². The zero-order valence-electron chi connectivity index (χ0n) is 11.7. The second-order valence-electron chi connectivity index (χ2n) is 4.76. The van der Waals surface area contributed by atoms with Gasteiger partial charge >= 0.3 is 0 Å². The van der Waals surface area contributed by atoms with Gasteiger partial charge in [-0.25, -0.2) is 4.98 Å². The fourth-order valence-corrected chi connectivity index (χ4v) is 2.85. The summed E-state index contributed by atoms with van der Waals surface area (Å²) in [5.41, 5.74) is 10.1. The van der Waals surface area contributed by atoms with Crippen LogP contribution in [0.5, 0.6) is 5.75 Å². The Kier molecular flexibility index (Phi) is 3.88. The van der Waals surface area contributed by atoms with Gasteiger partial charge in [0.05, 0.1) is 12.8 Å². The molecule has 3 rings (SSSR count). The second-order valence-corrected chi connectivity index (χ2v) is 5.65. The Labute approximate surface area is 128 Å². The quantitative estimate of drug-likeness (QED) is 0.792. The summed E-state index contributed by atoms with van der Waals surface area (Å²) >= 11 is 1.46. The maximum Gasteiger partial charge on any atom is 0.180 e. The predicted octanol–water partition coefficient (Wildman–Crippen LogP) is 3.99. The van der Waals surface area contributed by atoms with E-state index in [0.717, 1.165) is 23.4 Å². The molecule has 0 atom stereocenters. The van der Waals surface area contributed by atoms with Gasteiger partial charge in [0.2, 0.25) is 0 Å². The van der Waals surface area contributed by atoms with Gasteiger partial charge in [-0.2, -0.15) is 0 Å². The van der Waals surface area contributed by atoms with Crippen molar-refractivity contribution < 1.29 is 4.74 Å². The van der Waals surface area contributed by atoms with Crippen LogP contribution in [0.4, 0.5) is 5.13 Å². The van der Waals surface area contributed by atoms with Gasteiger partial charge in [0.15, 0.2) is 5.13 Å². The SMILES string of the molecule is COc1ccccc1Cc1ccc(-c2csc(N)n2)cc1. The Morgan fingerprint density at radius 2 is 1.86 bits per heavy atom. The number of nitrogens with two attached hydrogens (primary N) is 1. The largest absolute Gasteiger partial charge is 0.496 e. The van der Waals surface area contributed by atoms with Gasteiger partial charge in [-0.1, -0.05) is 42.5 Å². The first kappa shape index (κ1) is 13.6. The highest BCUT2D eigenvalue weighted by Gasteiger charge is 2.05. The molecule has 106 valence electrons. The maximum absolute atomic E-state index is 5.67. The molecule has 0 saturated heterocycles. The van der Waals surface area contributed by atoms with Crippen molar-refractivity contribution >= 4 is 16.5 Å². The monoisotopic (exact) mass is 296 g/mol. The number of para-hydroxylation sites is 1. The Morgan fingerprint density at radius 3 is 2.52 bits per heavy atom. The molecule has 0 bridgehead atoms. The third-order valence-electron chi connectivity index (χ3n) is 3.36. The molecular formula is C17H16N2OS. The number of hydrogen-bond acceptors (Lipinski definition) is 4. The number of thiazole rings is 1. The van der Waals surface area contributed by atoms with E-state index in [9.17, 15) is 0 Å². The predicted molar refractivity (Wildman–Crippen MR) is 87.8 cm³/mol. The van der Waals surface area contributed by atoms with Gasteiger partial charge in [-0.3, -0.25) is 0 Å². The van der Waals surface area contributed by atoms with E-state index in [1.165, 1.54) is 22.5 Å². The van der Waals surface area contributed by atoms with Crippen LogP contribution in [0.25, 0.3) is 11.3 Å². The van der Waals surface area contributed by atoms with Gasteiger partial charge in [-0.15, -0.1) is 11.3 Å². The normalized spacial score (nSPS) is 10.5. The van der Waals surface area contributed by atoms with Crippen LogP contribution in [-0.4, -0.2) is 12.1 Å². The van der Waals surface area contributed by atoms with Crippen LogP contribution in [0, 0.1) is 0 Å². The van der Waals surface area contributed by atoms with Crippen LogP contribution in [-0.2, 0) is 6.42 Å². The third kappa shape index (κ3) is 3.06. The van der Waals surface area contributed by atoms with E-state index in [2.05, 4.69) is 35.3 Å². The van der Waals surface area contributed by atoms with Crippen LogP contribution >= 0.6 is 11.3 Å². The van der Waals surface area contributed by atoms with Crippen LogP contribution in [0.3, 0.4) is 0 Å². The van der Waals surface area contributed by atoms with E-state index in [1.54, 1.807) is 7.11 Å².